The summed E-state index contributed by atoms with van der Waals surface area (Å²) in [5.41, 5.74) is -0.397. The summed E-state index contributed by atoms with van der Waals surface area (Å²) in [6.45, 7) is 1.66. The van der Waals surface area contributed by atoms with Crippen molar-refractivity contribution in [2.45, 2.75) is 20.0 Å². The van der Waals surface area contributed by atoms with Gasteiger partial charge in [-0.1, -0.05) is 6.92 Å². The van der Waals surface area contributed by atoms with Crippen LogP contribution in [-0.2, 0) is 13.0 Å². The third kappa shape index (κ3) is 2.96. The summed E-state index contributed by atoms with van der Waals surface area (Å²) in [6, 6.07) is 2.55. The summed E-state index contributed by atoms with van der Waals surface area (Å²) in [4.78, 5) is 33.7. The third-order valence-corrected chi connectivity index (χ3v) is 3.28. The molecule has 118 valence electrons. The van der Waals surface area contributed by atoms with Gasteiger partial charge in [0.1, 0.15) is 17.8 Å². The van der Waals surface area contributed by atoms with Gasteiger partial charge >= 0.3 is 5.63 Å². The molecule has 3 aromatic heterocycles. The van der Waals surface area contributed by atoms with Crippen molar-refractivity contribution in [1.29, 1.82) is 0 Å². The molecule has 3 rings (SSSR count). The van der Waals surface area contributed by atoms with E-state index >= 15 is 0 Å². The van der Waals surface area contributed by atoms with Crippen molar-refractivity contribution in [2.24, 2.45) is 0 Å². The van der Waals surface area contributed by atoms with E-state index in [9.17, 15) is 14.0 Å². The van der Waals surface area contributed by atoms with Gasteiger partial charge in [0.25, 0.3) is 11.6 Å². The van der Waals surface area contributed by atoms with Gasteiger partial charge in [0.2, 0.25) is 5.71 Å². The molecule has 0 radical (unpaired) electrons. The molecule has 0 amide bonds. The van der Waals surface area contributed by atoms with Crippen LogP contribution in [-0.4, -0.2) is 15.0 Å². The second kappa shape index (κ2) is 5.99. The van der Waals surface area contributed by atoms with E-state index in [4.69, 9.17) is 9.15 Å². The molecular formula is C15H12FN3O4. The van der Waals surface area contributed by atoms with Gasteiger partial charge in [-0.3, -0.25) is 14.8 Å². The van der Waals surface area contributed by atoms with Gasteiger partial charge < -0.3 is 9.15 Å². The van der Waals surface area contributed by atoms with Gasteiger partial charge in [0, 0.05) is 17.8 Å². The van der Waals surface area contributed by atoms with Crippen molar-refractivity contribution < 1.29 is 13.5 Å². The molecule has 3 heterocycles. The molecule has 0 aliphatic heterocycles. The van der Waals surface area contributed by atoms with Gasteiger partial charge in [-0.25, -0.2) is 9.18 Å². The minimum absolute atomic E-state index is 0.108. The number of fused-ring (bicyclic) bond motifs is 1. The zero-order valence-corrected chi connectivity index (χ0v) is 12.1. The van der Waals surface area contributed by atoms with Gasteiger partial charge in [-0.2, -0.15) is 4.98 Å². The normalized spacial score (nSPS) is 10.9. The first-order chi connectivity index (χ1) is 11.1. The maximum atomic E-state index is 13.5. The van der Waals surface area contributed by atoms with Gasteiger partial charge in [0.15, 0.2) is 0 Å². The number of aromatic amines is 1. The van der Waals surface area contributed by atoms with E-state index in [0.717, 1.165) is 6.20 Å². The lowest BCUT2D eigenvalue weighted by Gasteiger charge is -2.07. The number of ether oxygens (including phenoxy) is 1. The smallest absolute Gasteiger partial charge is 0.337 e. The molecule has 0 saturated heterocycles. The first kappa shape index (κ1) is 14.9. The number of rotatable bonds is 4. The Morgan fingerprint density at radius 1 is 1.35 bits per heavy atom. The molecule has 0 atom stereocenters. The zero-order valence-electron chi connectivity index (χ0n) is 12.1. The fourth-order valence-electron chi connectivity index (χ4n) is 2.14. The van der Waals surface area contributed by atoms with Crippen molar-refractivity contribution in [3.63, 3.8) is 0 Å². The van der Waals surface area contributed by atoms with E-state index in [1.54, 1.807) is 0 Å². The molecule has 0 fully saturated rings. The van der Waals surface area contributed by atoms with Crippen LogP contribution in [0.3, 0.4) is 0 Å². The van der Waals surface area contributed by atoms with Crippen LogP contribution in [0.25, 0.3) is 11.1 Å². The molecule has 1 N–H and O–H groups in total. The highest BCUT2D eigenvalue weighted by Gasteiger charge is 2.12. The zero-order chi connectivity index (χ0) is 16.4. The van der Waals surface area contributed by atoms with E-state index in [0.29, 0.717) is 12.0 Å². The summed E-state index contributed by atoms with van der Waals surface area (Å²) in [7, 11) is 0. The third-order valence-electron chi connectivity index (χ3n) is 3.28. The SMILES string of the molecule is CCc1cc(=O)oc2nc(OCc3ccncc3F)[nH]c(=O)c12. The van der Waals surface area contributed by atoms with Crippen LogP contribution in [0.5, 0.6) is 6.01 Å². The number of aryl methyl sites for hydroxylation is 1. The second-order valence-corrected chi connectivity index (χ2v) is 4.75. The highest BCUT2D eigenvalue weighted by Crippen LogP contribution is 2.14. The monoisotopic (exact) mass is 317 g/mol. The standard InChI is InChI=1S/C15H12FN3O4/c1-2-8-5-11(20)23-14-12(8)13(21)18-15(19-14)22-7-9-3-4-17-6-10(9)16/h3-6H,2,7H2,1H3,(H,18,19,21). The number of H-pyrrole nitrogens is 1. The Hall–Kier alpha value is -3.03. The fraction of sp³-hybridized carbons (Fsp3) is 0.200. The number of hydrogen-bond donors (Lipinski definition) is 1. The summed E-state index contributed by atoms with van der Waals surface area (Å²) >= 11 is 0. The molecule has 0 unspecified atom stereocenters. The Morgan fingerprint density at radius 3 is 2.91 bits per heavy atom. The van der Waals surface area contributed by atoms with Crippen molar-refractivity contribution in [1.82, 2.24) is 15.0 Å². The molecule has 0 aliphatic carbocycles. The number of halogens is 1. The van der Waals surface area contributed by atoms with E-state index in [2.05, 4.69) is 15.0 Å². The van der Waals surface area contributed by atoms with Gasteiger partial charge in [0.05, 0.1) is 6.20 Å². The van der Waals surface area contributed by atoms with Crippen LogP contribution in [0.2, 0.25) is 0 Å². The molecular weight excluding hydrogens is 305 g/mol. The Labute approximate surface area is 128 Å². The van der Waals surface area contributed by atoms with E-state index in [1.807, 2.05) is 6.92 Å². The lowest BCUT2D eigenvalue weighted by molar-refractivity contribution is 0.274. The quantitative estimate of drug-likeness (QED) is 0.784. The Kier molecular flexibility index (Phi) is 3.88. The van der Waals surface area contributed by atoms with Crippen LogP contribution in [0.15, 0.2) is 38.5 Å². The summed E-state index contributed by atoms with van der Waals surface area (Å²) in [5, 5.41) is 0.203. The molecule has 0 saturated carbocycles. The summed E-state index contributed by atoms with van der Waals surface area (Å²) in [5.74, 6) is -0.532. The molecule has 0 spiro atoms. The Balaban J connectivity index is 1.98. The maximum absolute atomic E-state index is 13.5. The minimum Gasteiger partial charge on any atom is -0.460 e. The maximum Gasteiger partial charge on any atom is 0.337 e. The number of pyridine rings is 1. The molecule has 3 aromatic rings. The number of nitrogens with one attached hydrogen (secondary N) is 1. The predicted molar refractivity (Wildman–Crippen MR) is 78.8 cm³/mol. The van der Waals surface area contributed by atoms with Crippen molar-refractivity contribution in [3.05, 3.63) is 62.2 Å². The summed E-state index contributed by atoms with van der Waals surface area (Å²) in [6.07, 6.45) is 2.96. The Bertz CT molecular complexity index is 980. The number of hydrogen-bond acceptors (Lipinski definition) is 6. The average molecular weight is 317 g/mol. The molecule has 0 bridgehead atoms. The largest absolute Gasteiger partial charge is 0.460 e. The highest BCUT2D eigenvalue weighted by molar-refractivity contribution is 5.75. The lowest BCUT2D eigenvalue weighted by Crippen LogP contribution is -2.15. The van der Waals surface area contributed by atoms with Crippen LogP contribution in [0, 0.1) is 5.82 Å². The summed E-state index contributed by atoms with van der Waals surface area (Å²) < 4.78 is 23.7. The highest BCUT2D eigenvalue weighted by atomic mass is 19.1. The van der Waals surface area contributed by atoms with Crippen LogP contribution < -0.4 is 15.9 Å². The second-order valence-electron chi connectivity index (χ2n) is 4.75. The van der Waals surface area contributed by atoms with Gasteiger partial charge in [-0.05, 0) is 18.1 Å². The predicted octanol–water partition coefficient (Wildman–Crippen LogP) is 1.55. The van der Waals surface area contributed by atoms with Crippen molar-refractivity contribution >= 4 is 11.1 Å². The topological polar surface area (TPSA) is 98.1 Å². The average Bonchev–Trinajstić information content (AvgIpc) is 2.52. The lowest BCUT2D eigenvalue weighted by atomic mass is 10.1. The molecule has 23 heavy (non-hydrogen) atoms. The minimum atomic E-state index is -0.599. The first-order valence-electron chi connectivity index (χ1n) is 6.86. The van der Waals surface area contributed by atoms with Gasteiger partial charge in [-0.15, -0.1) is 0 Å². The van der Waals surface area contributed by atoms with Crippen LogP contribution in [0.1, 0.15) is 18.1 Å². The number of aromatic nitrogens is 3. The molecule has 8 heteroatoms. The first-order valence-corrected chi connectivity index (χ1v) is 6.86. The van der Waals surface area contributed by atoms with E-state index < -0.39 is 17.0 Å². The van der Waals surface area contributed by atoms with E-state index in [1.165, 1.54) is 18.3 Å². The molecule has 7 nitrogen and oxygen atoms in total. The molecule has 0 aromatic carbocycles. The number of nitrogens with zero attached hydrogens (tertiary/aromatic N) is 2. The molecule has 0 aliphatic rings. The fourth-order valence-corrected chi connectivity index (χ4v) is 2.14. The van der Waals surface area contributed by atoms with E-state index in [-0.39, 0.29) is 29.3 Å². The van der Waals surface area contributed by atoms with Crippen molar-refractivity contribution in [3.8, 4) is 6.01 Å². The Morgan fingerprint density at radius 2 is 2.17 bits per heavy atom. The van der Waals surface area contributed by atoms with Crippen molar-refractivity contribution in [2.75, 3.05) is 0 Å². The van der Waals surface area contributed by atoms with Crippen LogP contribution in [0.4, 0.5) is 4.39 Å². The van der Waals surface area contributed by atoms with Crippen LogP contribution >= 0.6 is 0 Å².